The molecule has 0 spiro atoms. The fraction of sp³-hybridized carbons (Fsp3) is 0.234. The lowest BCUT2D eigenvalue weighted by Crippen LogP contribution is -2.15. The summed E-state index contributed by atoms with van der Waals surface area (Å²) in [6.07, 6.45) is 27.7. The first-order valence-corrected chi connectivity index (χ1v) is 18.0. The molecule has 0 heterocycles. The van der Waals surface area contributed by atoms with Crippen LogP contribution < -0.4 is 5.32 Å². The molecule has 3 unspecified atom stereocenters. The van der Waals surface area contributed by atoms with Gasteiger partial charge >= 0.3 is 0 Å². The third kappa shape index (κ3) is 8.29. The predicted molar refractivity (Wildman–Crippen MR) is 209 cm³/mol. The van der Waals surface area contributed by atoms with Gasteiger partial charge in [-0.1, -0.05) is 128 Å². The number of aryl methyl sites for hydroxylation is 1. The van der Waals surface area contributed by atoms with Crippen molar-refractivity contribution in [2.45, 2.75) is 57.9 Å². The summed E-state index contributed by atoms with van der Waals surface area (Å²) in [6.45, 7) is 2.33. The maximum absolute atomic E-state index is 5.17. The van der Waals surface area contributed by atoms with E-state index >= 15 is 0 Å². The second-order valence-electron chi connectivity index (χ2n) is 13.6. The van der Waals surface area contributed by atoms with Crippen molar-refractivity contribution in [2.75, 3.05) is 5.32 Å². The van der Waals surface area contributed by atoms with E-state index in [0.29, 0.717) is 11.8 Å². The fourth-order valence-corrected chi connectivity index (χ4v) is 7.35. The second kappa shape index (κ2) is 15.8. The Kier molecular flexibility index (Phi) is 10.5. The summed E-state index contributed by atoms with van der Waals surface area (Å²) in [4.78, 5) is 5.17. The van der Waals surface area contributed by atoms with E-state index in [1.807, 2.05) is 12.3 Å². The minimum Gasteiger partial charge on any atom is -0.355 e. The maximum atomic E-state index is 5.17. The van der Waals surface area contributed by atoms with Gasteiger partial charge in [0.15, 0.2) is 0 Å². The summed E-state index contributed by atoms with van der Waals surface area (Å²) in [6, 6.07) is 35.0. The molecule has 2 nitrogen and oxygen atoms in total. The Morgan fingerprint density at radius 3 is 2.47 bits per heavy atom. The molecule has 0 bridgehead atoms. The van der Waals surface area contributed by atoms with Gasteiger partial charge in [0.2, 0.25) is 0 Å². The number of nitrogens with one attached hydrogen (secondary N) is 1. The zero-order chi connectivity index (χ0) is 33.3. The number of rotatable bonds is 8. The minimum absolute atomic E-state index is 0.0877. The summed E-state index contributed by atoms with van der Waals surface area (Å²) in [5.74, 6) is 1.18. The van der Waals surface area contributed by atoms with Crippen molar-refractivity contribution >= 4 is 18.0 Å². The second-order valence-corrected chi connectivity index (χ2v) is 13.6. The first kappa shape index (κ1) is 32.4. The van der Waals surface area contributed by atoms with Gasteiger partial charge in [-0.15, -0.1) is 5.73 Å². The highest BCUT2D eigenvalue weighted by Crippen LogP contribution is 2.35. The molecule has 4 aromatic rings. The lowest BCUT2D eigenvalue weighted by molar-refractivity contribution is 0.453. The van der Waals surface area contributed by atoms with Crippen LogP contribution in [-0.4, -0.2) is 6.21 Å². The molecule has 3 aliphatic carbocycles. The Morgan fingerprint density at radius 1 is 0.816 bits per heavy atom. The highest BCUT2D eigenvalue weighted by molar-refractivity contribution is 5.81. The van der Waals surface area contributed by atoms with E-state index in [-0.39, 0.29) is 6.04 Å². The summed E-state index contributed by atoms with van der Waals surface area (Å²) in [5, 5.41) is 3.78. The van der Waals surface area contributed by atoms with E-state index in [1.54, 1.807) is 0 Å². The topological polar surface area (TPSA) is 24.4 Å². The van der Waals surface area contributed by atoms with Crippen LogP contribution in [0.4, 0.5) is 5.69 Å². The molecule has 0 radical (unpaired) electrons. The molecule has 0 saturated heterocycles. The average molecular weight is 639 g/mol. The van der Waals surface area contributed by atoms with E-state index in [4.69, 9.17) is 4.99 Å². The molecule has 2 heteroatoms. The van der Waals surface area contributed by atoms with E-state index in [2.05, 4.69) is 158 Å². The van der Waals surface area contributed by atoms with Gasteiger partial charge in [-0.05, 0) is 120 Å². The van der Waals surface area contributed by atoms with Gasteiger partial charge in [0.05, 0.1) is 6.04 Å². The normalized spacial score (nSPS) is 21.7. The fourth-order valence-electron chi connectivity index (χ4n) is 7.35. The van der Waals surface area contributed by atoms with Crippen molar-refractivity contribution in [1.29, 1.82) is 0 Å². The Balaban J connectivity index is 1.11. The molecule has 4 aromatic carbocycles. The van der Waals surface area contributed by atoms with E-state index in [9.17, 15) is 0 Å². The van der Waals surface area contributed by atoms with Crippen LogP contribution in [0.5, 0.6) is 0 Å². The predicted octanol–water partition coefficient (Wildman–Crippen LogP) is 12.2. The molecule has 0 aromatic heterocycles. The number of hydrogen-bond acceptors (Lipinski definition) is 2. The van der Waals surface area contributed by atoms with Gasteiger partial charge < -0.3 is 5.32 Å². The molecule has 0 aliphatic heterocycles. The molecule has 49 heavy (non-hydrogen) atoms. The number of aliphatic imine (C=N–C) groups is 1. The van der Waals surface area contributed by atoms with E-state index < -0.39 is 0 Å². The van der Waals surface area contributed by atoms with Crippen molar-refractivity contribution in [3.05, 3.63) is 184 Å². The maximum Gasteiger partial charge on any atom is 0.0999 e. The van der Waals surface area contributed by atoms with Gasteiger partial charge in [-0.2, -0.15) is 0 Å². The number of anilines is 1. The Morgan fingerprint density at radius 2 is 1.63 bits per heavy atom. The first-order chi connectivity index (χ1) is 24.2. The van der Waals surface area contributed by atoms with E-state index in [1.165, 1.54) is 57.5 Å². The first-order valence-electron chi connectivity index (χ1n) is 18.0. The van der Waals surface area contributed by atoms with Gasteiger partial charge in [-0.25, -0.2) is 0 Å². The summed E-state index contributed by atoms with van der Waals surface area (Å²) >= 11 is 0. The highest BCUT2D eigenvalue weighted by atomic mass is 14.9. The summed E-state index contributed by atoms with van der Waals surface area (Å²) in [5.41, 5.74) is 16.0. The van der Waals surface area contributed by atoms with Crippen LogP contribution >= 0.6 is 0 Å². The van der Waals surface area contributed by atoms with Crippen molar-refractivity contribution in [2.24, 2.45) is 16.8 Å². The Hall–Kier alpha value is -5.17. The molecule has 3 aliphatic rings. The summed E-state index contributed by atoms with van der Waals surface area (Å²) < 4.78 is 0. The monoisotopic (exact) mass is 638 g/mol. The molecule has 7 rings (SSSR count). The van der Waals surface area contributed by atoms with Crippen LogP contribution in [0, 0.1) is 11.8 Å². The van der Waals surface area contributed by atoms with Gasteiger partial charge in [0, 0.05) is 23.7 Å². The molecule has 0 saturated carbocycles. The van der Waals surface area contributed by atoms with Crippen molar-refractivity contribution in [3.8, 4) is 11.1 Å². The lowest BCUT2D eigenvalue weighted by Gasteiger charge is -2.27. The molecule has 3 atom stereocenters. The molecule has 0 amide bonds. The van der Waals surface area contributed by atoms with Crippen LogP contribution in [0.25, 0.3) is 17.2 Å². The largest absolute Gasteiger partial charge is 0.355 e. The number of allylic oxidation sites excluding steroid dienone is 7. The Labute approximate surface area is 292 Å². The van der Waals surface area contributed by atoms with Crippen molar-refractivity contribution in [1.82, 2.24) is 0 Å². The highest BCUT2D eigenvalue weighted by Gasteiger charge is 2.21. The zero-order valence-electron chi connectivity index (χ0n) is 28.6. The number of nitrogens with zero attached hydrogens (tertiary/aromatic N) is 1. The number of hydrogen-bond donors (Lipinski definition) is 1. The minimum atomic E-state index is -0.0877. The van der Waals surface area contributed by atoms with Gasteiger partial charge in [-0.3, -0.25) is 4.99 Å². The number of fused-ring (bicyclic) bond motifs is 1. The molecular weight excluding hydrogens is 593 g/mol. The molecule has 244 valence electrons. The standard InChI is InChI=1S/C47H46N2/c1-35-14-13-19-43(32-35)45-20-9-4-2-3-5-10-21-46(45)49-44-30-22-36(23-31-44)34-48-47(39-16-7-6-8-17-39)40-27-24-38(25-28-40)42-29-26-37-15-11-12-18-41(37)33-42/h2-3,5-8,11,13-17,21-31,33-35,43,47,49H,4,9,12,18-20,32H2,1H3/b3-2-,46-45-,48-34?. The number of benzene rings is 4. The Bertz CT molecular complexity index is 1940. The van der Waals surface area contributed by atoms with Crippen LogP contribution in [0.2, 0.25) is 0 Å². The lowest BCUT2D eigenvalue weighted by atomic mass is 9.80. The third-order valence-electron chi connectivity index (χ3n) is 10.0. The van der Waals surface area contributed by atoms with Gasteiger partial charge in [0.1, 0.15) is 0 Å². The molecular formula is C47H46N2. The van der Waals surface area contributed by atoms with Crippen molar-refractivity contribution < 1.29 is 0 Å². The van der Waals surface area contributed by atoms with Crippen molar-refractivity contribution in [3.63, 3.8) is 0 Å². The third-order valence-corrected chi connectivity index (χ3v) is 10.0. The smallest absolute Gasteiger partial charge is 0.0999 e. The van der Waals surface area contributed by atoms with Crippen LogP contribution in [0.15, 0.2) is 162 Å². The average Bonchev–Trinajstić information content (AvgIpc) is 3.15. The molecule has 1 N–H and O–H groups in total. The van der Waals surface area contributed by atoms with Crippen LogP contribution in [0.1, 0.15) is 79.3 Å². The zero-order valence-corrected chi connectivity index (χ0v) is 28.6. The molecule has 0 fully saturated rings. The SMILES string of the molecule is CC1C=CCC(/C2=C(\Nc3ccc(C=NC(c4ccccc4)c4ccc(-c5ccc6c(c5)CCC=C6)cc4)cc3)C=C=C/C=C\CCC2)C1. The quantitative estimate of drug-likeness (QED) is 0.116. The van der Waals surface area contributed by atoms with Crippen LogP contribution in [0.3, 0.4) is 0 Å². The van der Waals surface area contributed by atoms with E-state index in [0.717, 1.165) is 43.4 Å². The van der Waals surface area contributed by atoms with Gasteiger partial charge in [0.25, 0.3) is 0 Å². The summed E-state index contributed by atoms with van der Waals surface area (Å²) in [7, 11) is 0. The van der Waals surface area contributed by atoms with Crippen LogP contribution in [-0.2, 0) is 6.42 Å².